The predicted octanol–water partition coefficient (Wildman–Crippen LogP) is 7.78. The highest BCUT2D eigenvalue weighted by Gasteiger charge is 2.52. The summed E-state index contributed by atoms with van der Waals surface area (Å²) in [5.41, 5.74) is 8.00. The molecular formula is C39H42N2O2. The van der Waals surface area contributed by atoms with Gasteiger partial charge in [-0.05, 0) is 98.1 Å². The van der Waals surface area contributed by atoms with Gasteiger partial charge >= 0.3 is 0 Å². The number of fused-ring (bicyclic) bond motifs is 2. The molecule has 4 aromatic carbocycles. The number of anilines is 1. The second kappa shape index (κ2) is 12.2. The first-order valence-corrected chi connectivity index (χ1v) is 15.7. The van der Waals surface area contributed by atoms with E-state index in [0.717, 1.165) is 47.2 Å². The largest absolute Gasteiger partial charge is 0.324 e. The van der Waals surface area contributed by atoms with Gasteiger partial charge in [-0.1, -0.05) is 103 Å². The molecule has 0 bridgehead atoms. The third kappa shape index (κ3) is 6.01. The molecule has 1 unspecified atom stereocenters. The molecule has 0 aromatic heterocycles. The van der Waals surface area contributed by atoms with Gasteiger partial charge in [0.25, 0.3) is 0 Å². The van der Waals surface area contributed by atoms with Crippen LogP contribution < -0.4 is 5.32 Å². The first kappa shape index (κ1) is 28.9. The van der Waals surface area contributed by atoms with Crippen molar-refractivity contribution in [3.8, 4) is 0 Å². The molecule has 2 aliphatic carbocycles. The van der Waals surface area contributed by atoms with Gasteiger partial charge in [0, 0.05) is 12.2 Å². The molecule has 0 heterocycles. The van der Waals surface area contributed by atoms with Crippen molar-refractivity contribution in [3.63, 3.8) is 0 Å². The van der Waals surface area contributed by atoms with E-state index in [0.29, 0.717) is 31.2 Å². The summed E-state index contributed by atoms with van der Waals surface area (Å²) in [6.45, 7) is 6.60. The zero-order valence-corrected chi connectivity index (χ0v) is 25.6. The lowest BCUT2D eigenvalue weighted by molar-refractivity contribution is -0.150. The maximum absolute atomic E-state index is 14.9. The van der Waals surface area contributed by atoms with Gasteiger partial charge < -0.3 is 10.2 Å². The van der Waals surface area contributed by atoms with Crippen LogP contribution in [0.3, 0.4) is 0 Å². The van der Waals surface area contributed by atoms with Crippen molar-refractivity contribution in [2.24, 2.45) is 11.8 Å². The van der Waals surface area contributed by atoms with Crippen LogP contribution in [0.5, 0.6) is 0 Å². The molecular weight excluding hydrogens is 528 g/mol. The highest BCUT2D eigenvalue weighted by Crippen LogP contribution is 2.47. The van der Waals surface area contributed by atoms with Gasteiger partial charge in [0.2, 0.25) is 11.8 Å². The van der Waals surface area contributed by atoms with Gasteiger partial charge in [0.15, 0.2) is 0 Å². The van der Waals surface area contributed by atoms with Gasteiger partial charge in [-0.2, -0.15) is 0 Å². The molecule has 0 saturated heterocycles. The zero-order valence-electron chi connectivity index (χ0n) is 25.6. The summed E-state index contributed by atoms with van der Waals surface area (Å²) >= 11 is 0. The molecule has 220 valence electrons. The van der Waals surface area contributed by atoms with Gasteiger partial charge in [0.05, 0.1) is 6.42 Å². The number of aryl methyl sites for hydroxylation is 3. The maximum Gasteiger partial charge on any atom is 0.250 e. The van der Waals surface area contributed by atoms with Crippen molar-refractivity contribution in [1.29, 1.82) is 0 Å². The Morgan fingerprint density at radius 3 is 1.95 bits per heavy atom. The maximum atomic E-state index is 14.9. The van der Waals surface area contributed by atoms with Crippen molar-refractivity contribution in [3.05, 3.63) is 136 Å². The lowest BCUT2D eigenvalue weighted by Crippen LogP contribution is -2.62. The second-order valence-corrected chi connectivity index (χ2v) is 12.8. The molecule has 0 spiro atoms. The number of carbonyl (C=O) groups is 2. The number of rotatable bonds is 7. The van der Waals surface area contributed by atoms with Crippen LogP contribution in [0, 0.1) is 32.6 Å². The Labute approximate surface area is 256 Å². The summed E-state index contributed by atoms with van der Waals surface area (Å²) in [5.74, 6) is 0.785. The highest BCUT2D eigenvalue weighted by atomic mass is 16.2. The van der Waals surface area contributed by atoms with Crippen LogP contribution in [0.15, 0.2) is 97.1 Å². The third-order valence-electron chi connectivity index (χ3n) is 9.82. The van der Waals surface area contributed by atoms with Gasteiger partial charge in [-0.25, -0.2) is 0 Å². The Morgan fingerprint density at radius 1 is 0.767 bits per heavy atom. The number of amides is 2. The third-order valence-corrected chi connectivity index (χ3v) is 9.82. The number of nitrogens with one attached hydrogen (secondary N) is 1. The summed E-state index contributed by atoms with van der Waals surface area (Å²) in [4.78, 5) is 31.3. The van der Waals surface area contributed by atoms with E-state index >= 15 is 0 Å². The van der Waals surface area contributed by atoms with E-state index in [1.807, 2.05) is 53.4 Å². The Kier molecular flexibility index (Phi) is 8.21. The zero-order chi connectivity index (χ0) is 30.0. The molecule has 0 aliphatic heterocycles. The van der Waals surface area contributed by atoms with E-state index in [1.165, 1.54) is 16.7 Å². The van der Waals surface area contributed by atoms with Crippen molar-refractivity contribution in [2.75, 3.05) is 5.32 Å². The minimum Gasteiger partial charge on any atom is -0.324 e. The van der Waals surface area contributed by atoms with E-state index in [2.05, 4.69) is 74.6 Å². The number of hydrogen-bond donors (Lipinski definition) is 1. The molecule has 4 aromatic rings. The summed E-state index contributed by atoms with van der Waals surface area (Å²) in [5, 5.41) is 3.38. The van der Waals surface area contributed by atoms with Gasteiger partial charge in [0.1, 0.15) is 5.54 Å². The monoisotopic (exact) mass is 570 g/mol. The summed E-state index contributed by atoms with van der Waals surface area (Å²) in [6.07, 6.45) is 4.49. The fraction of sp³-hybridized carbons (Fsp3) is 0.333. The molecule has 4 nitrogen and oxygen atoms in total. The summed E-state index contributed by atoms with van der Waals surface area (Å²) < 4.78 is 0. The van der Waals surface area contributed by atoms with Crippen LogP contribution >= 0.6 is 0 Å². The summed E-state index contributed by atoms with van der Waals surface area (Å²) in [7, 11) is 0. The molecule has 43 heavy (non-hydrogen) atoms. The lowest BCUT2D eigenvalue weighted by Gasteiger charge is -2.51. The smallest absolute Gasteiger partial charge is 0.250 e. The number of carbonyl (C=O) groups excluding carboxylic acids is 2. The molecule has 1 N–H and O–H groups in total. The number of hydrogen-bond acceptors (Lipinski definition) is 2. The van der Waals surface area contributed by atoms with Crippen LogP contribution in [0.25, 0.3) is 0 Å². The molecule has 6 rings (SSSR count). The normalized spacial score (nSPS) is 20.9. The van der Waals surface area contributed by atoms with Crippen LogP contribution in [0.1, 0.15) is 58.2 Å². The second-order valence-electron chi connectivity index (χ2n) is 12.8. The van der Waals surface area contributed by atoms with E-state index in [9.17, 15) is 9.59 Å². The quantitative estimate of drug-likeness (QED) is 0.247. The van der Waals surface area contributed by atoms with Crippen molar-refractivity contribution < 1.29 is 9.59 Å². The van der Waals surface area contributed by atoms with Crippen molar-refractivity contribution >= 4 is 17.5 Å². The summed E-state index contributed by atoms with van der Waals surface area (Å²) in [6, 6.07) is 33.0. The molecule has 2 amide bonds. The Bertz CT molecular complexity index is 1590. The number of benzene rings is 4. The van der Waals surface area contributed by atoms with E-state index in [4.69, 9.17) is 0 Å². The fourth-order valence-corrected chi connectivity index (χ4v) is 7.68. The van der Waals surface area contributed by atoms with E-state index < -0.39 is 5.54 Å². The van der Waals surface area contributed by atoms with Crippen LogP contribution in [0.2, 0.25) is 0 Å². The fourth-order valence-electron chi connectivity index (χ4n) is 7.68. The van der Waals surface area contributed by atoms with E-state index in [-0.39, 0.29) is 18.2 Å². The van der Waals surface area contributed by atoms with Crippen LogP contribution in [-0.2, 0) is 35.4 Å². The minimum atomic E-state index is -0.959. The number of nitrogens with zero attached hydrogens (tertiary/aromatic N) is 1. The van der Waals surface area contributed by atoms with Crippen molar-refractivity contribution in [2.45, 2.75) is 71.4 Å². The predicted molar refractivity (Wildman–Crippen MR) is 174 cm³/mol. The minimum absolute atomic E-state index is 0.00258. The van der Waals surface area contributed by atoms with Gasteiger partial charge in [-0.15, -0.1) is 0 Å². The van der Waals surface area contributed by atoms with Crippen LogP contribution in [-0.4, -0.2) is 22.3 Å². The van der Waals surface area contributed by atoms with E-state index in [1.54, 1.807) is 0 Å². The Morgan fingerprint density at radius 2 is 1.33 bits per heavy atom. The molecule has 2 aliphatic rings. The Balaban J connectivity index is 1.42. The molecule has 1 fully saturated rings. The average Bonchev–Trinajstić information content (AvgIpc) is 3.01. The van der Waals surface area contributed by atoms with Crippen molar-refractivity contribution in [1.82, 2.24) is 4.90 Å². The standard InChI is InChI=1S/C39H42N2O2/c1-27-20-28(2)37(29(3)21-27)40-38(43)39(19-18-34-23-32-16-10-11-17-33(32)24-35(34)25-39)41(26-31-14-8-5-9-15-31)36(42)22-30-12-6-4-7-13-30/h4-17,20-21,34-35H,18-19,22-26H2,1-3H3,(H,40,43)/t34-,35+,39?/m1/s1. The molecule has 4 heteroatoms. The highest BCUT2D eigenvalue weighted by molar-refractivity contribution is 6.02. The Hall–Kier alpha value is -4.18. The lowest BCUT2D eigenvalue weighted by atomic mass is 9.62. The average molecular weight is 571 g/mol. The first-order chi connectivity index (χ1) is 20.8. The SMILES string of the molecule is Cc1cc(C)c(NC(=O)C2(N(Cc3ccccc3)C(=O)Cc3ccccc3)CC[C@@H]3Cc4ccccc4C[C@H]3C2)c(C)c1. The molecule has 1 saturated carbocycles. The molecule has 3 atom stereocenters. The first-order valence-electron chi connectivity index (χ1n) is 15.7. The topological polar surface area (TPSA) is 49.4 Å². The van der Waals surface area contributed by atoms with Crippen LogP contribution in [0.4, 0.5) is 5.69 Å². The molecule has 0 radical (unpaired) electrons. The van der Waals surface area contributed by atoms with Gasteiger partial charge in [-0.3, -0.25) is 9.59 Å².